The first-order chi connectivity index (χ1) is 9.19. The van der Waals surface area contributed by atoms with E-state index in [0.29, 0.717) is 5.56 Å². The molecule has 110 valence electrons. The molecule has 1 aromatic rings. The van der Waals surface area contributed by atoms with Crippen LogP contribution in [0.15, 0.2) is 36.9 Å². The Morgan fingerprint density at radius 1 is 1.40 bits per heavy atom. The van der Waals surface area contributed by atoms with Crippen molar-refractivity contribution in [3.8, 4) is 5.75 Å². The van der Waals surface area contributed by atoms with Crippen LogP contribution in [-0.4, -0.2) is 24.0 Å². The van der Waals surface area contributed by atoms with Crippen LogP contribution in [0.25, 0.3) is 0 Å². The number of hydrogen-bond acceptors (Lipinski definition) is 3. The zero-order valence-corrected chi connectivity index (χ0v) is 10.7. The monoisotopic (exact) mass is 289 g/mol. The third-order valence-corrected chi connectivity index (χ3v) is 2.69. The third-order valence-electron chi connectivity index (χ3n) is 2.69. The van der Waals surface area contributed by atoms with Gasteiger partial charge >= 0.3 is 12.3 Å². The van der Waals surface area contributed by atoms with Gasteiger partial charge in [-0.15, -0.1) is 19.8 Å². The molecule has 0 aliphatic carbocycles. The quantitative estimate of drug-likeness (QED) is 0.790. The highest BCUT2D eigenvalue weighted by Crippen LogP contribution is 2.27. The summed E-state index contributed by atoms with van der Waals surface area (Å²) in [5.41, 5.74) is -1.12. The molecule has 1 atom stereocenters. The van der Waals surface area contributed by atoms with Gasteiger partial charge in [0, 0.05) is 6.54 Å². The number of halogens is 3. The molecule has 0 aromatic heterocycles. The van der Waals surface area contributed by atoms with Crippen molar-refractivity contribution in [1.29, 1.82) is 0 Å². The zero-order chi connectivity index (χ0) is 15.4. The SMILES string of the molecule is C=CCNC(C)(C(=O)O)c1ccc(OC(F)(F)F)cc1. The highest BCUT2D eigenvalue weighted by atomic mass is 19.4. The molecule has 0 saturated carbocycles. The lowest BCUT2D eigenvalue weighted by atomic mass is 9.92. The van der Waals surface area contributed by atoms with Gasteiger partial charge in [-0.25, -0.2) is 4.79 Å². The van der Waals surface area contributed by atoms with E-state index in [-0.39, 0.29) is 6.54 Å². The molecule has 4 nitrogen and oxygen atoms in total. The summed E-state index contributed by atoms with van der Waals surface area (Å²) in [5.74, 6) is -1.55. The third kappa shape index (κ3) is 3.99. The van der Waals surface area contributed by atoms with Gasteiger partial charge in [-0.2, -0.15) is 0 Å². The van der Waals surface area contributed by atoms with Gasteiger partial charge in [-0.3, -0.25) is 5.32 Å². The van der Waals surface area contributed by atoms with Crippen LogP contribution in [0.5, 0.6) is 5.75 Å². The predicted octanol–water partition coefficient (Wildman–Crippen LogP) is 2.66. The Kier molecular flexibility index (Phi) is 4.78. The van der Waals surface area contributed by atoms with Crippen molar-refractivity contribution in [2.45, 2.75) is 18.8 Å². The molecule has 2 N–H and O–H groups in total. The molecule has 7 heteroatoms. The van der Waals surface area contributed by atoms with E-state index in [2.05, 4.69) is 16.6 Å². The van der Waals surface area contributed by atoms with Crippen molar-refractivity contribution in [1.82, 2.24) is 5.32 Å². The van der Waals surface area contributed by atoms with Crippen molar-refractivity contribution >= 4 is 5.97 Å². The van der Waals surface area contributed by atoms with Gasteiger partial charge in [0.25, 0.3) is 0 Å². The maximum Gasteiger partial charge on any atom is 0.573 e. The average molecular weight is 289 g/mol. The molecule has 1 aromatic carbocycles. The number of ether oxygens (including phenoxy) is 1. The molecular formula is C13H14F3NO3. The second-order valence-corrected chi connectivity index (χ2v) is 4.17. The Morgan fingerprint density at radius 3 is 2.35 bits per heavy atom. The van der Waals surface area contributed by atoms with E-state index in [9.17, 15) is 23.1 Å². The van der Waals surface area contributed by atoms with Gasteiger partial charge in [0.2, 0.25) is 0 Å². The Bertz CT molecular complexity index is 485. The first-order valence-electron chi connectivity index (χ1n) is 5.64. The molecule has 0 spiro atoms. The number of aliphatic carboxylic acids is 1. The Balaban J connectivity index is 2.99. The second-order valence-electron chi connectivity index (χ2n) is 4.17. The summed E-state index contributed by atoms with van der Waals surface area (Å²) in [6, 6.07) is 4.68. The van der Waals surface area contributed by atoms with E-state index in [0.717, 1.165) is 12.1 Å². The lowest BCUT2D eigenvalue weighted by molar-refractivity contribution is -0.274. The minimum absolute atomic E-state index is 0.240. The summed E-state index contributed by atoms with van der Waals surface area (Å²) in [5, 5.41) is 12.0. The maximum atomic E-state index is 12.0. The Morgan fingerprint density at radius 2 is 1.95 bits per heavy atom. The summed E-state index contributed by atoms with van der Waals surface area (Å²) < 4.78 is 39.8. The first kappa shape index (κ1) is 16.0. The largest absolute Gasteiger partial charge is 0.573 e. The summed E-state index contributed by atoms with van der Waals surface area (Å²) in [6.45, 7) is 5.13. The molecule has 0 bridgehead atoms. The van der Waals surface area contributed by atoms with Gasteiger partial charge in [0.1, 0.15) is 11.3 Å². The number of carbonyl (C=O) groups is 1. The van der Waals surface area contributed by atoms with Crippen LogP contribution >= 0.6 is 0 Å². The van der Waals surface area contributed by atoms with Crippen LogP contribution in [-0.2, 0) is 10.3 Å². The number of carboxylic acid groups (broad SMARTS) is 1. The molecular weight excluding hydrogens is 275 g/mol. The van der Waals surface area contributed by atoms with Crippen LogP contribution in [0.1, 0.15) is 12.5 Å². The molecule has 1 unspecified atom stereocenters. The van der Waals surface area contributed by atoms with Crippen molar-refractivity contribution in [3.63, 3.8) is 0 Å². The second kappa shape index (κ2) is 5.96. The van der Waals surface area contributed by atoms with Crippen molar-refractivity contribution in [2.75, 3.05) is 6.54 Å². The fourth-order valence-corrected chi connectivity index (χ4v) is 1.57. The molecule has 20 heavy (non-hydrogen) atoms. The van der Waals surface area contributed by atoms with E-state index in [1.807, 2.05) is 0 Å². The minimum Gasteiger partial charge on any atom is -0.480 e. The van der Waals surface area contributed by atoms with E-state index in [1.54, 1.807) is 0 Å². The summed E-state index contributed by atoms with van der Waals surface area (Å²) in [4.78, 5) is 11.3. The molecule has 0 fully saturated rings. The highest BCUT2D eigenvalue weighted by Gasteiger charge is 2.35. The van der Waals surface area contributed by atoms with Crippen LogP contribution < -0.4 is 10.1 Å². The standard InChI is InChI=1S/C13H14F3NO3/c1-3-8-17-12(2,11(18)19)9-4-6-10(7-5-9)20-13(14,15)16/h3-7,17H,1,8H2,2H3,(H,18,19). The van der Waals surface area contributed by atoms with Gasteiger partial charge in [-0.05, 0) is 24.6 Å². The van der Waals surface area contributed by atoms with Crippen LogP contribution in [0.4, 0.5) is 13.2 Å². The summed E-state index contributed by atoms with van der Waals surface area (Å²) in [6.07, 6.45) is -3.29. The lowest BCUT2D eigenvalue weighted by Gasteiger charge is -2.26. The van der Waals surface area contributed by atoms with Gasteiger partial charge in [0.05, 0.1) is 0 Å². The van der Waals surface area contributed by atoms with E-state index in [4.69, 9.17) is 0 Å². The minimum atomic E-state index is -4.78. The van der Waals surface area contributed by atoms with Crippen LogP contribution in [0.2, 0.25) is 0 Å². The maximum absolute atomic E-state index is 12.0. The normalized spacial score (nSPS) is 14.4. The van der Waals surface area contributed by atoms with E-state index < -0.39 is 23.6 Å². The van der Waals surface area contributed by atoms with E-state index >= 15 is 0 Å². The molecule has 0 heterocycles. The molecule has 1 rings (SSSR count). The zero-order valence-electron chi connectivity index (χ0n) is 10.7. The van der Waals surface area contributed by atoms with E-state index in [1.165, 1.54) is 25.1 Å². The van der Waals surface area contributed by atoms with Crippen LogP contribution in [0.3, 0.4) is 0 Å². The van der Waals surface area contributed by atoms with Crippen molar-refractivity contribution in [3.05, 3.63) is 42.5 Å². The number of rotatable bonds is 6. The van der Waals surface area contributed by atoms with Crippen molar-refractivity contribution in [2.24, 2.45) is 0 Å². The number of nitrogens with one attached hydrogen (secondary N) is 1. The number of benzene rings is 1. The lowest BCUT2D eigenvalue weighted by Crippen LogP contribution is -2.46. The van der Waals surface area contributed by atoms with Gasteiger partial charge in [-0.1, -0.05) is 18.2 Å². The molecule has 0 saturated heterocycles. The smallest absolute Gasteiger partial charge is 0.480 e. The molecule has 0 aliphatic heterocycles. The first-order valence-corrected chi connectivity index (χ1v) is 5.64. The van der Waals surface area contributed by atoms with Gasteiger partial charge in [0.15, 0.2) is 0 Å². The fraction of sp³-hybridized carbons (Fsp3) is 0.308. The predicted molar refractivity (Wildman–Crippen MR) is 66.3 cm³/mol. The molecule has 0 aliphatic rings. The fourth-order valence-electron chi connectivity index (χ4n) is 1.57. The number of alkyl halides is 3. The Labute approximate surface area is 113 Å². The summed E-state index contributed by atoms with van der Waals surface area (Å²) in [7, 11) is 0. The number of carboxylic acids is 1. The topological polar surface area (TPSA) is 58.6 Å². The highest BCUT2D eigenvalue weighted by molar-refractivity contribution is 5.80. The Hall–Kier alpha value is -2.02. The molecule has 0 radical (unpaired) electrons. The van der Waals surface area contributed by atoms with Crippen LogP contribution in [0, 0.1) is 0 Å². The van der Waals surface area contributed by atoms with Crippen molar-refractivity contribution < 1.29 is 27.8 Å². The molecule has 0 amide bonds. The number of hydrogen-bond donors (Lipinski definition) is 2. The van der Waals surface area contributed by atoms with Gasteiger partial charge < -0.3 is 9.84 Å². The average Bonchev–Trinajstić information content (AvgIpc) is 2.34. The summed E-state index contributed by atoms with van der Waals surface area (Å²) >= 11 is 0.